The maximum absolute atomic E-state index is 12.9. The first-order chi connectivity index (χ1) is 12.8. The van der Waals surface area contributed by atoms with Gasteiger partial charge in [-0.2, -0.15) is 12.6 Å². The molecule has 1 aliphatic rings. The molecule has 3 atom stereocenters. The van der Waals surface area contributed by atoms with Crippen molar-refractivity contribution in [1.82, 2.24) is 15.5 Å². The topological polar surface area (TPSA) is 168 Å². The molecule has 0 saturated carbocycles. The lowest BCUT2D eigenvalue weighted by atomic mass is 10.1. The molecule has 1 rings (SSSR count). The molecule has 11 heteroatoms. The van der Waals surface area contributed by atoms with Crippen molar-refractivity contribution in [3.63, 3.8) is 0 Å². The van der Waals surface area contributed by atoms with Crippen molar-refractivity contribution in [2.45, 2.75) is 50.2 Å². The number of carbonyl (C=O) groups excluding carboxylic acids is 3. The molecule has 0 spiro atoms. The van der Waals surface area contributed by atoms with E-state index in [1.54, 1.807) is 0 Å². The van der Waals surface area contributed by atoms with Crippen molar-refractivity contribution in [3.05, 3.63) is 0 Å². The number of hydrogen-bond acceptors (Lipinski definition) is 7. The second kappa shape index (κ2) is 11.8. The Morgan fingerprint density at radius 2 is 1.85 bits per heavy atom. The Morgan fingerprint density at radius 3 is 2.41 bits per heavy atom. The third-order valence-corrected chi connectivity index (χ3v) is 4.77. The van der Waals surface area contributed by atoms with Gasteiger partial charge in [-0.15, -0.1) is 0 Å². The molecule has 1 heterocycles. The van der Waals surface area contributed by atoms with Crippen LogP contribution in [0.2, 0.25) is 0 Å². The van der Waals surface area contributed by atoms with E-state index in [-0.39, 0.29) is 12.3 Å². The minimum absolute atomic E-state index is 0.0305. The first-order valence-electron chi connectivity index (χ1n) is 8.99. The Bertz CT molecular complexity index is 547. The SMILES string of the molecule is NCCCCC(NC(=O)C(CS)NC(=O)CN)C(=O)N1CCCC1C(=O)O. The molecule has 154 valence electrons. The lowest BCUT2D eigenvalue weighted by Gasteiger charge is -2.28. The van der Waals surface area contributed by atoms with E-state index >= 15 is 0 Å². The van der Waals surface area contributed by atoms with Crippen LogP contribution in [0.25, 0.3) is 0 Å². The Morgan fingerprint density at radius 1 is 1.15 bits per heavy atom. The van der Waals surface area contributed by atoms with E-state index in [0.29, 0.717) is 45.2 Å². The third kappa shape index (κ3) is 7.00. The number of nitrogens with two attached hydrogens (primary N) is 2. The number of aliphatic carboxylic acids is 1. The van der Waals surface area contributed by atoms with Crippen LogP contribution in [0.4, 0.5) is 0 Å². The Hall–Kier alpha value is -1.85. The maximum atomic E-state index is 12.9. The summed E-state index contributed by atoms with van der Waals surface area (Å²) in [6.45, 7) is 0.506. The van der Waals surface area contributed by atoms with E-state index in [9.17, 15) is 24.3 Å². The summed E-state index contributed by atoms with van der Waals surface area (Å²) in [4.78, 5) is 49.4. The summed E-state index contributed by atoms with van der Waals surface area (Å²) < 4.78 is 0. The van der Waals surface area contributed by atoms with Crippen LogP contribution in [-0.2, 0) is 19.2 Å². The van der Waals surface area contributed by atoms with Gasteiger partial charge in [0.1, 0.15) is 18.1 Å². The molecular formula is C16H29N5O5S. The molecular weight excluding hydrogens is 374 g/mol. The zero-order valence-electron chi connectivity index (χ0n) is 15.2. The van der Waals surface area contributed by atoms with Crippen molar-refractivity contribution in [3.8, 4) is 0 Å². The predicted octanol–water partition coefficient (Wildman–Crippen LogP) is -1.95. The summed E-state index contributed by atoms with van der Waals surface area (Å²) in [6, 6.07) is -2.71. The summed E-state index contributed by atoms with van der Waals surface area (Å²) in [6.07, 6.45) is 2.57. The van der Waals surface area contributed by atoms with Crippen molar-refractivity contribution >= 4 is 36.3 Å². The number of carboxylic acid groups (broad SMARTS) is 1. The number of carbonyl (C=O) groups is 4. The summed E-state index contributed by atoms with van der Waals surface area (Å²) in [7, 11) is 0. The van der Waals surface area contributed by atoms with E-state index in [0.717, 1.165) is 0 Å². The van der Waals surface area contributed by atoms with Gasteiger partial charge < -0.3 is 32.1 Å². The fourth-order valence-electron chi connectivity index (χ4n) is 2.96. The number of likely N-dealkylation sites (tertiary alicyclic amines) is 1. The molecule has 0 aromatic rings. The first kappa shape index (κ1) is 23.2. The van der Waals surface area contributed by atoms with Crippen LogP contribution in [0.15, 0.2) is 0 Å². The summed E-state index contributed by atoms with van der Waals surface area (Å²) in [5, 5.41) is 14.4. The molecule has 3 amide bonds. The van der Waals surface area contributed by atoms with Crippen LogP contribution in [-0.4, -0.2) is 77.2 Å². The highest BCUT2D eigenvalue weighted by atomic mass is 32.1. The van der Waals surface area contributed by atoms with Gasteiger partial charge in [0.2, 0.25) is 17.7 Å². The number of thiol groups is 1. The molecule has 7 N–H and O–H groups in total. The Balaban J connectivity index is 2.86. The number of amides is 3. The summed E-state index contributed by atoms with van der Waals surface area (Å²) >= 11 is 4.05. The first-order valence-corrected chi connectivity index (χ1v) is 9.62. The molecule has 0 radical (unpaired) electrons. The van der Waals surface area contributed by atoms with Crippen LogP contribution in [0.5, 0.6) is 0 Å². The van der Waals surface area contributed by atoms with Crippen LogP contribution < -0.4 is 22.1 Å². The van der Waals surface area contributed by atoms with Gasteiger partial charge >= 0.3 is 5.97 Å². The fraction of sp³-hybridized carbons (Fsp3) is 0.750. The van der Waals surface area contributed by atoms with E-state index in [2.05, 4.69) is 23.3 Å². The number of nitrogens with one attached hydrogen (secondary N) is 2. The normalized spacial score (nSPS) is 18.6. The van der Waals surface area contributed by atoms with Gasteiger partial charge in [0.15, 0.2) is 0 Å². The summed E-state index contributed by atoms with van der Waals surface area (Å²) in [5.74, 6) is -2.54. The minimum atomic E-state index is -1.06. The monoisotopic (exact) mass is 403 g/mol. The van der Waals surface area contributed by atoms with Gasteiger partial charge in [-0.1, -0.05) is 0 Å². The minimum Gasteiger partial charge on any atom is -0.480 e. The van der Waals surface area contributed by atoms with Crippen molar-refractivity contribution in [1.29, 1.82) is 0 Å². The highest BCUT2D eigenvalue weighted by Gasteiger charge is 2.37. The van der Waals surface area contributed by atoms with Crippen molar-refractivity contribution in [2.24, 2.45) is 11.5 Å². The average Bonchev–Trinajstić information content (AvgIpc) is 3.14. The van der Waals surface area contributed by atoms with Gasteiger partial charge in [0.05, 0.1) is 6.54 Å². The van der Waals surface area contributed by atoms with Crippen LogP contribution >= 0.6 is 12.6 Å². The molecule has 1 saturated heterocycles. The Kier molecular flexibility index (Phi) is 10.1. The molecule has 1 aliphatic heterocycles. The van der Waals surface area contributed by atoms with Crippen molar-refractivity contribution < 1.29 is 24.3 Å². The standard InChI is InChI=1S/C16H29N5O5S/c17-6-2-1-4-10(15(24)21-7-3-5-12(21)16(25)26)20-14(23)11(9-27)19-13(22)8-18/h10-12,27H,1-9,17-18H2,(H,19,22)(H,20,23)(H,25,26). The highest BCUT2D eigenvalue weighted by Crippen LogP contribution is 2.20. The van der Waals surface area contributed by atoms with E-state index < -0.39 is 41.8 Å². The lowest BCUT2D eigenvalue weighted by molar-refractivity contribution is -0.149. The average molecular weight is 404 g/mol. The molecule has 3 unspecified atom stereocenters. The predicted molar refractivity (Wildman–Crippen MR) is 102 cm³/mol. The smallest absolute Gasteiger partial charge is 0.326 e. The highest BCUT2D eigenvalue weighted by molar-refractivity contribution is 7.80. The zero-order valence-corrected chi connectivity index (χ0v) is 16.1. The molecule has 0 aromatic carbocycles. The van der Waals surface area contributed by atoms with Crippen molar-refractivity contribution in [2.75, 3.05) is 25.4 Å². The van der Waals surface area contributed by atoms with Crippen LogP contribution in [0, 0.1) is 0 Å². The number of unbranched alkanes of at least 4 members (excludes halogenated alkanes) is 1. The number of nitrogens with zero attached hydrogens (tertiary/aromatic N) is 1. The molecule has 1 fully saturated rings. The van der Waals surface area contributed by atoms with Crippen LogP contribution in [0.3, 0.4) is 0 Å². The second-order valence-electron chi connectivity index (χ2n) is 6.38. The number of carboxylic acids is 1. The van der Waals surface area contributed by atoms with E-state index in [1.165, 1.54) is 4.90 Å². The maximum Gasteiger partial charge on any atom is 0.326 e. The molecule has 10 nitrogen and oxygen atoms in total. The quantitative estimate of drug-likeness (QED) is 0.172. The molecule has 0 aliphatic carbocycles. The summed E-state index contributed by atoms with van der Waals surface area (Å²) in [5.41, 5.74) is 10.7. The van der Waals surface area contributed by atoms with Gasteiger partial charge in [0.25, 0.3) is 0 Å². The van der Waals surface area contributed by atoms with Crippen LogP contribution in [0.1, 0.15) is 32.1 Å². The van der Waals surface area contributed by atoms with Gasteiger partial charge in [0, 0.05) is 12.3 Å². The third-order valence-electron chi connectivity index (χ3n) is 4.40. The number of rotatable bonds is 11. The zero-order chi connectivity index (χ0) is 20.4. The van der Waals surface area contributed by atoms with Gasteiger partial charge in [-0.05, 0) is 38.6 Å². The largest absolute Gasteiger partial charge is 0.480 e. The second-order valence-corrected chi connectivity index (χ2v) is 6.75. The molecule has 0 bridgehead atoms. The number of hydrogen-bond donors (Lipinski definition) is 6. The van der Waals surface area contributed by atoms with Gasteiger partial charge in [-0.25, -0.2) is 4.79 Å². The van der Waals surface area contributed by atoms with E-state index in [1.807, 2.05) is 0 Å². The van der Waals surface area contributed by atoms with E-state index in [4.69, 9.17) is 11.5 Å². The fourth-order valence-corrected chi connectivity index (χ4v) is 3.21. The Labute approximate surface area is 163 Å². The van der Waals surface area contributed by atoms with Gasteiger partial charge in [-0.3, -0.25) is 14.4 Å². The molecule has 27 heavy (non-hydrogen) atoms. The molecule has 0 aromatic heterocycles. The lowest BCUT2D eigenvalue weighted by Crippen LogP contribution is -2.56.